The molecular formula is C13H16BrClN2O2. The van der Waals surface area contributed by atoms with Gasteiger partial charge in [-0.2, -0.15) is 0 Å². The van der Waals surface area contributed by atoms with Crippen LogP contribution < -0.4 is 10.6 Å². The van der Waals surface area contributed by atoms with Crippen molar-refractivity contribution < 1.29 is 9.21 Å². The van der Waals surface area contributed by atoms with Crippen LogP contribution in [0.1, 0.15) is 16.1 Å². The minimum Gasteiger partial charge on any atom is -0.451 e. The van der Waals surface area contributed by atoms with Crippen LogP contribution in [0.5, 0.6) is 0 Å². The predicted molar refractivity (Wildman–Crippen MR) is 82.2 cm³/mol. The summed E-state index contributed by atoms with van der Waals surface area (Å²) in [5, 5.41) is 6.74. The number of aryl methyl sites for hydroxylation is 1. The van der Waals surface area contributed by atoms with Crippen LogP contribution in [0.3, 0.4) is 0 Å². The van der Waals surface area contributed by atoms with Gasteiger partial charge in [-0.15, -0.1) is 12.4 Å². The Kier molecular flexibility index (Phi) is 5.85. The molecule has 0 aliphatic carbocycles. The van der Waals surface area contributed by atoms with Crippen molar-refractivity contribution in [2.75, 3.05) is 20.1 Å². The summed E-state index contributed by atoms with van der Waals surface area (Å²) in [5.74, 6) is 0.217. The molecule has 1 aromatic heterocycles. The first-order valence-electron chi connectivity index (χ1n) is 5.75. The lowest BCUT2D eigenvalue weighted by Gasteiger charge is -2.02. The molecule has 0 fully saturated rings. The molecule has 6 heteroatoms. The molecule has 4 nitrogen and oxygen atoms in total. The topological polar surface area (TPSA) is 54.3 Å². The van der Waals surface area contributed by atoms with E-state index in [1.54, 1.807) is 0 Å². The van der Waals surface area contributed by atoms with Gasteiger partial charge in [-0.3, -0.25) is 4.79 Å². The van der Waals surface area contributed by atoms with Gasteiger partial charge in [0.1, 0.15) is 5.58 Å². The van der Waals surface area contributed by atoms with E-state index in [4.69, 9.17) is 4.42 Å². The number of hydrogen-bond acceptors (Lipinski definition) is 3. The van der Waals surface area contributed by atoms with E-state index in [1.807, 2.05) is 32.2 Å². The van der Waals surface area contributed by atoms with E-state index in [2.05, 4.69) is 26.6 Å². The average Bonchev–Trinajstić information content (AvgIpc) is 2.67. The van der Waals surface area contributed by atoms with Gasteiger partial charge < -0.3 is 15.1 Å². The first kappa shape index (κ1) is 16.0. The number of hydrogen-bond donors (Lipinski definition) is 2. The lowest BCUT2D eigenvalue weighted by Crippen LogP contribution is -2.30. The molecule has 0 bridgehead atoms. The third-order valence-electron chi connectivity index (χ3n) is 2.77. The summed E-state index contributed by atoms with van der Waals surface area (Å²) < 4.78 is 6.57. The van der Waals surface area contributed by atoms with Crippen LogP contribution in [0.25, 0.3) is 11.0 Å². The van der Waals surface area contributed by atoms with Crippen LogP contribution in [0.2, 0.25) is 0 Å². The maximum Gasteiger partial charge on any atom is 0.287 e. The summed E-state index contributed by atoms with van der Waals surface area (Å²) in [6.45, 7) is 3.21. The quantitative estimate of drug-likeness (QED) is 0.836. The second-order valence-corrected chi connectivity index (χ2v) is 4.97. The molecule has 2 aromatic rings. The number of carbonyl (C=O) groups excluding carboxylic acids is 1. The zero-order valence-corrected chi connectivity index (χ0v) is 13.2. The Morgan fingerprint density at radius 2 is 2.11 bits per heavy atom. The van der Waals surface area contributed by atoms with Crippen molar-refractivity contribution in [3.05, 3.63) is 34.0 Å². The highest BCUT2D eigenvalue weighted by molar-refractivity contribution is 9.10. The fraction of sp³-hybridized carbons (Fsp3) is 0.308. The van der Waals surface area contributed by atoms with Crippen molar-refractivity contribution >= 4 is 45.2 Å². The van der Waals surface area contributed by atoms with Gasteiger partial charge in [0.05, 0.1) is 0 Å². The fourth-order valence-electron chi connectivity index (χ4n) is 1.79. The van der Waals surface area contributed by atoms with Crippen molar-refractivity contribution in [1.82, 2.24) is 10.6 Å². The van der Waals surface area contributed by atoms with Crippen molar-refractivity contribution in [3.8, 4) is 0 Å². The maximum absolute atomic E-state index is 12.0. The van der Waals surface area contributed by atoms with Crippen molar-refractivity contribution in [2.45, 2.75) is 6.92 Å². The van der Waals surface area contributed by atoms with Gasteiger partial charge in [0.2, 0.25) is 0 Å². The van der Waals surface area contributed by atoms with Crippen LogP contribution in [-0.4, -0.2) is 26.0 Å². The van der Waals surface area contributed by atoms with Gasteiger partial charge in [-0.05, 0) is 32.2 Å². The lowest BCUT2D eigenvalue weighted by molar-refractivity contribution is 0.0928. The van der Waals surface area contributed by atoms with E-state index < -0.39 is 0 Å². The Bertz CT molecular complexity index is 583. The standard InChI is InChI=1S/C13H15BrN2O2.ClH/c1-8-10-7-9(14)3-4-11(10)18-12(8)13(17)16-6-5-15-2;/h3-4,7,15H,5-6H2,1-2H3,(H,16,17);1H. The van der Waals surface area contributed by atoms with E-state index in [-0.39, 0.29) is 18.3 Å². The Morgan fingerprint density at radius 1 is 1.37 bits per heavy atom. The third kappa shape index (κ3) is 3.49. The van der Waals surface area contributed by atoms with Crippen LogP contribution in [0, 0.1) is 6.92 Å². The molecule has 0 atom stereocenters. The highest BCUT2D eigenvalue weighted by Crippen LogP contribution is 2.27. The van der Waals surface area contributed by atoms with Gasteiger partial charge in [0.15, 0.2) is 5.76 Å². The molecule has 0 unspecified atom stereocenters. The summed E-state index contributed by atoms with van der Waals surface area (Å²) in [4.78, 5) is 12.0. The molecule has 2 rings (SSSR count). The minimum atomic E-state index is -0.171. The molecule has 1 aromatic carbocycles. The first-order valence-corrected chi connectivity index (χ1v) is 6.54. The summed E-state index contributed by atoms with van der Waals surface area (Å²) in [7, 11) is 1.84. The van der Waals surface area contributed by atoms with Gasteiger partial charge >= 0.3 is 0 Å². The van der Waals surface area contributed by atoms with Gasteiger partial charge in [0.25, 0.3) is 5.91 Å². The van der Waals surface area contributed by atoms with E-state index in [0.29, 0.717) is 12.3 Å². The van der Waals surface area contributed by atoms with Crippen LogP contribution in [0.4, 0.5) is 0 Å². The number of carbonyl (C=O) groups is 1. The molecule has 104 valence electrons. The van der Waals surface area contributed by atoms with E-state index in [0.717, 1.165) is 27.6 Å². The monoisotopic (exact) mass is 346 g/mol. The van der Waals surface area contributed by atoms with Gasteiger partial charge in [0, 0.05) is 28.5 Å². The lowest BCUT2D eigenvalue weighted by atomic mass is 10.1. The summed E-state index contributed by atoms with van der Waals surface area (Å²) in [5.41, 5.74) is 1.60. The summed E-state index contributed by atoms with van der Waals surface area (Å²) in [6.07, 6.45) is 0. The Hall–Kier alpha value is -1.04. The Morgan fingerprint density at radius 3 is 2.79 bits per heavy atom. The molecule has 1 amide bonds. The SMILES string of the molecule is CNCCNC(=O)c1oc2ccc(Br)cc2c1C.Cl. The predicted octanol–water partition coefficient (Wildman–Crippen LogP) is 2.87. The smallest absolute Gasteiger partial charge is 0.287 e. The molecule has 0 aliphatic heterocycles. The second-order valence-electron chi connectivity index (χ2n) is 4.06. The molecule has 19 heavy (non-hydrogen) atoms. The molecule has 0 saturated carbocycles. The first-order chi connectivity index (χ1) is 8.63. The number of fused-ring (bicyclic) bond motifs is 1. The Labute approximate surface area is 126 Å². The van der Waals surface area contributed by atoms with Crippen LogP contribution in [-0.2, 0) is 0 Å². The highest BCUT2D eigenvalue weighted by Gasteiger charge is 2.17. The van der Waals surface area contributed by atoms with Crippen LogP contribution >= 0.6 is 28.3 Å². The zero-order chi connectivity index (χ0) is 13.1. The third-order valence-corrected chi connectivity index (χ3v) is 3.26. The number of nitrogens with one attached hydrogen (secondary N) is 2. The van der Waals surface area contributed by atoms with E-state index in [9.17, 15) is 4.79 Å². The highest BCUT2D eigenvalue weighted by atomic mass is 79.9. The van der Waals surface area contributed by atoms with E-state index >= 15 is 0 Å². The zero-order valence-electron chi connectivity index (χ0n) is 10.7. The average molecular weight is 348 g/mol. The second kappa shape index (κ2) is 6.93. The molecular weight excluding hydrogens is 332 g/mol. The summed E-state index contributed by atoms with van der Waals surface area (Å²) in [6, 6.07) is 5.71. The molecule has 0 saturated heterocycles. The molecule has 0 aliphatic rings. The molecule has 2 N–H and O–H groups in total. The number of amides is 1. The van der Waals surface area contributed by atoms with E-state index in [1.165, 1.54) is 0 Å². The fourth-order valence-corrected chi connectivity index (χ4v) is 2.15. The number of halogens is 2. The van der Waals surface area contributed by atoms with Crippen molar-refractivity contribution in [2.24, 2.45) is 0 Å². The number of rotatable bonds is 4. The maximum atomic E-state index is 12.0. The van der Waals surface area contributed by atoms with Crippen molar-refractivity contribution in [1.29, 1.82) is 0 Å². The minimum absolute atomic E-state index is 0. The van der Waals surface area contributed by atoms with Gasteiger partial charge in [-0.1, -0.05) is 15.9 Å². The Balaban J connectivity index is 0.00000180. The number of likely N-dealkylation sites (N-methyl/N-ethyl adjacent to an activating group) is 1. The largest absolute Gasteiger partial charge is 0.451 e. The normalized spacial score (nSPS) is 10.3. The number of benzene rings is 1. The molecule has 1 heterocycles. The molecule has 0 spiro atoms. The molecule has 0 radical (unpaired) electrons. The summed E-state index contributed by atoms with van der Waals surface area (Å²) >= 11 is 3.41. The number of furan rings is 1. The van der Waals surface area contributed by atoms with Crippen LogP contribution in [0.15, 0.2) is 27.1 Å². The van der Waals surface area contributed by atoms with Crippen molar-refractivity contribution in [3.63, 3.8) is 0 Å². The van der Waals surface area contributed by atoms with Gasteiger partial charge in [-0.25, -0.2) is 0 Å².